The van der Waals surface area contributed by atoms with Crippen LogP contribution in [0, 0.1) is 17.3 Å². The molecular weight excluding hydrogens is 248 g/mol. The van der Waals surface area contributed by atoms with E-state index < -0.39 is 0 Å². The van der Waals surface area contributed by atoms with Crippen molar-refractivity contribution in [2.45, 2.75) is 27.2 Å². The van der Waals surface area contributed by atoms with Crippen LogP contribution in [0.5, 0.6) is 5.75 Å². The first kappa shape index (κ1) is 14.6. The Morgan fingerprint density at radius 2 is 2.11 bits per heavy atom. The summed E-state index contributed by atoms with van der Waals surface area (Å²) in [6, 6.07) is 6.97. The first-order chi connectivity index (χ1) is 8.37. The standard InChI is InChI=1S/C15H17ClO2/c1-15(2,3)9-5-7-13(17)11-18-14-8-4-6-12(16)10-14/h4,6,8,10H,7,11H2,1-3H3. The highest BCUT2D eigenvalue weighted by Gasteiger charge is 2.05. The van der Waals surface area contributed by atoms with Gasteiger partial charge in [-0.25, -0.2) is 0 Å². The van der Waals surface area contributed by atoms with Gasteiger partial charge in [0.25, 0.3) is 0 Å². The quantitative estimate of drug-likeness (QED) is 0.775. The maximum Gasteiger partial charge on any atom is 0.182 e. The summed E-state index contributed by atoms with van der Waals surface area (Å²) in [5.41, 5.74) is -0.0753. The van der Waals surface area contributed by atoms with Crippen molar-refractivity contribution in [3.05, 3.63) is 29.3 Å². The van der Waals surface area contributed by atoms with Gasteiger partial charge in [-0.3, -0.25) is 4.79 Å². The highest BCUT2D eigenvalue weighted by Crippen LogP contribution is 2.17. The number of hydrogen-bond donors (Lipinski definition) is 0. The van der Waals surface area contributed by atoms with Crippen LogP contribution >= 0.6 is 11.6 Å². The first-order valence-corrected chi connectivity index (χ1v) is 6.15. The van der Waals surface area contributed by atoms with E-state index in [1.54, 1.807) is 24.3 Å². The predicted molar refractivity (Wildman–Crippen MR) is 73.8 cm³/mol. The minimum atomic E-state index is -0.0753. The average Bonchev–Trinajstić information content (AvgIpc) is 2.25. The molecule has 2 nitrogen and oxygen atoms in total. The average molecular weight is 265 g/mol. The SMILES string of the molecule is CC(C)(C)C#CCC(=O)COc1cccc(Cl)c1. The molecule has 0 amide bonds. The molecule has 0 aliphatic rings. The number of halogens is 1. The molecule has 0 bridgehead atoms. The number of carbonyl (C=O) groups excluding carboxylic acids is 1. The van der Waals surface area contributed by atoms with Gasteiger partial charge in [0.2, 0.25) is 0 Å². The van der Waals surface area contributed by atoms with Gasteiger partial charge in [0.1, 0.15) is 12.4 Å². The molecule has 0 aliphatic heterocycles. The van der Waals surface area contributed by atoms with Gasteiger partial charge in [0.05, 0.1) is 6.42 Å². The molecule has 0 radical (unpaired) electrons. The maximum absolute atomic E-state index is 11.5. The van der Waals surface area contributed by atoms with Gasteiger partial charge >= 0.3 is 0 Å². The number of hydrogen-bond acceptors (Lipinski definition) is 2. The van der Waals surface area contributed by atoms with E-state index in [1.807, 2.05) is 20.8 Å². The Bertz CT molecular complexity index is 475. The zero-order chi connectivity index (χ0) is 13.6. The molecule has 0 unspecified atom stereocenters. The molecule has 0 spiro atoms. The van der Waals surface area contributed by atoms with Gasteiger partial charge in [-0.1, -0.05) is 29.5 Å². The smallest absolute Gasteiger partial charge is 0.182 e. The van der Waals surface area contributed by atoms with Crippen LogP contribution in [-0.4, -0.2) is 12.4 Å². The lowest BCUT2D eigenvalue weighted by atomic mass is 9.98. The molecule has 0 heterocycles. The fourth-order valence-corrected chi connectivity index (χ4v) is 1.36. The van der Waals surface area contributed by atoms with Crippen molar-refractivity contribution >= 4 is 17.4 Å². The van der Waals surface area contributed by atoms with Crippen molar-refractivity contribution in [3.8, 4) is 17.6 Å². The molecule has 96 valence electrons. The molecule has 1 rings (SSSR count). The molecule has 0 N–H and O–H groups in total. The van der Waals surface area contributed by atoms with Gasteiger partial charge in [0.15, 0.2) is 5.78 Å². The van der Waals surface area contributed by atoms with E-state index in [2.05, 4.69) is 11.8 Å². The third-order valence-corrected chi connectivity index (χ3v) is 2.18. The van der Waals surface area contributed by atoms with Gasteiger partial charge in [-0.05, 0) is 39.0 Å². The van der Waals surface area contributed by atoms with Crippen LogP contribution in [0.15, 0.2) is 24.3 Å². The van der Waals surface area contributed by atoms with E-state index in [-0.39, 0.29) is 24.2 Å². The Hall–Kier alpha value is -1.46. The second-order valence-corrected chi connectivity index (χ2v) is 5.45. The van der Waals surface area contributed by atoms with E-state index in [4.69, 9.17) is 16.3 Å². The van der Waals surface area contributed by atoms with Crippen molar-refractivity contribution in [1.29, 1.82) is 0 Å². The van der Waals surface area contributed by atoms with Crippen LogP contribution in [0.3, 0.4) is 0 Å². The van der Waals surface area contributed by atoms with Crippen LogP contribution in [0.4, 0.5) is 0 Å². The largest absolute Gasteiger partial charge is 0.486 e. The Balaban J connectivity index is 2.40. The van der Waals surface area contributed by atoms with Gasteiger partial charge in [-0.2, -0.15) is 0 Å². The maximum atomic E-state index is 11.5. The van der Waals surface area contributed by atoms with E-state index in [1.165, 1.54) is 0 Å². The summed E-state index contributed by atoms with van der Waals surface area (Å²) in [5, 5.41) is 0.590. The van der Waals surface area contributed by atoms with Crippen LogP contribution in [0.25, 0.3) is 0 Å². The Morgan fingerprint density at radius 1 is 1.39 bits per heavy atom. The van der Waals surface area contributed by atoms with Crippen molar-refractivity contribution in [3.63, 3.8) is 0 Å². The Morgan fingerprint density at radius 3 is 2.72 bits per heavy atom. The lowest BCUT2D eigenvalue weighted by molar-refractivity contribution is -0.120. The molecule has 18 heavy (non-hydrogen) atoms. The lowest BCUT2D eigenvalue weighted by Crippen LogP contribution is -2.10. The van der Waals surface area contributed by atoms with Crippen LogP contribution in [-0.2, 0) is 4.79 Å². The number of ether oxygens (including phenoxy) is 1. The molecule has 0 saturated carbocycles. The van der Waals surface area contributed by atoms with E-state index in [0.29, 0.717) is 10.8 Å². The molecule has 0 fully saturated rings. The third-order valence-electron chi connectivity index (χ3n) is 1.94. The van der Waals surface area contributed by atoms with Crippen molar-refractivity contribution in [2.24, 2.45) is 5.41 Å². The van der Waals surface area contributed by atoms with Crippen LogP contribution in [0.1, 0.15) is 27.2 Å². The van der Waals surface area contributed by atoms with Crippen molar-refractivity contribution in [1.82, 2.24) is 0 Å². The van der Waals surface area contributed by atoms with Crippen LogP contribution in [0.2, 0.25) is 5.02 Å². The Labute approximate surface area is 113 Å². The highest BCUT2D eigenvalue weighted by atomic mass is 35.5. The molecular formula is C15H17ClO2. The first-order valence-electron chi connectivity index (χ1n) is 5.77. The van der Waals surface area contributed by atoms with Crippen molar-refractivity contribution in [2.75, 3.05) is 6.61 Å². The number of benzene rings is 1. The summed E-state index contributed by atoms with van der Waals surface area (Å²) >= 11 is 5.81. The molecule has 3 heteroatoms. The van der Waals surface area contributed by atoms with Gasteiger partial charge < -0.3 is 4.74 Å². The summed E-state index contributed by atoms with van der Waals surface area (Å²) in [6.45, 7) is 6.05. The monoisotopic (exact) mass is 264 g/mol. The Kier molecular flexibility index (Phi) is 5.25. The summed E-state index contributed by atoms with van der Waals surface area (Å²) < 4.78 is 5.33. The van der Waals surface area contributed by atoms with Gasteiger partial charge in [-0.15, -0.1) is 0 Å². The molecule has 1 aromatic carbocycles. The van der Waals surface area contributed by atoms with E-state index >= 15 is 0 Å². The predicted octanol–water partition coefficient (Wildman–Crippen LogP) is 3.73. The van der Waals surface area contributed by atoms with E-state index in [9.17, 15) is 4.79 Å². The van der Waals surface area contributed by atoms with E-state index in [0.717, 1.165) is 0 Å². The lowest BCUT2D eigenvalue weighted by Gasteiger charge is -2.07. The summed E-state index contributed by atoms with van der Waals surface area (Å²) in [7, 11) is 0. The molecule has 0 aromatic heterocycles. The molecule has 0 atom stereocenters. The zero-order valence-electron chi connectivity index (χ0n) is 10.9. The highest BCUT2D eigenvalue weighted by molar-refractivity contribution is 6.30. The summed E-state index contributed by atoms with van der Waals surface area (Å²) in [5.74, 6) is 6.44. The second-order valence-electron chi connectivity index (χ2n) is 5.01. The normalized spacial score (nSPS) is 10.4. The fraction of sp³-hybridized carbons (Fsp3) is 0.400. The number of ketones is 1. The van der Waals surface area contributed by atoms with Gasteiger partial charge in [0, 0.05) is 10.4 Å². The summed E-state index contributed by atoms with van der Waals surface area (Å²) in [4.78, 5) is 11.5. The van der Waals surface area contributed by atoms with Crippen molar-refractivity contribution < 1.29 is 9.53 Å². The van der Waals surface area contributed by atoms with Crippen LogP contribution < -0.4 is 4.74 Å². The number of carbonyl (C=O) groups is 1. The fourth-order valence-electron chi connectivity index (χ4n) is 1.18. The molecule has 1 aromatic rings. The minimum absolute atomic E-state index is 0.0269. The topological polar surface area (TPSA) is 26.3 Å². The zero-order valence-corrected chi connectivity index (χ0v) is 11.7. The minimum Gasteiger partial charge on any atom is -0.486 e. The third kappa shape index (κ3) is 6.32. The molecule has 0 aliphatic carbocycles. The summed E-state index contributed by atoms with van der Waals surface area (Å²) in [6.07, 6.45) is 0.220. The number of Topliss-reactive ketones (excluding diaryl/α,β-unsaturated/α-hetero) is 1. The second kappa shape index (κ2) is 6.47. The number of rotatable bonds is 4. The molecule has 0 saturated heterocycles.